The Hall–Kier alpha value is -0.0800. The molecule has 0 heterocycles. The zero-order chi connectivity index (χ0) is 13.8. The quantitative estimate of drug-likeness (QED) is 0.839. The fourth-order valence-corrected chi connectivity index (χ4v) is 4.31. The highest BCUT2D eigenvalue weighted by Crippen LogP contribution is 2.34. The molecule has 2 fully saturated rings. The molecule has 0 aromatic heterocycles. The van der Waals surface area contributed by atoms with E-state index in [2.05, 4.69) is 25.8 Å². The lowest BCUT2D eigenvalue weighted by molar-refractivity contribution is 0.0697. The van der Waals surface area contributed by atoms with E-state index < -0.39 is 0 Å². The molecule has 2 aliphatic carbocycles. The van der Waals surface area contributed by atoms with Gasteiger partial charge in [0.25, 0.3) is 0 Å². The van der Waals surface area contributed by atoms with Gasteiger partial charge in [-0.1, -0.05) is 26.7 Å². The van der Waals surface area contributed by atoms with Crippen LogP contribution in [-0.2, 0) is 0 Å². The Morgan fingerprint density at radius 2 is 1.74 bits per heavy atom. The molecule has 0 aliphatic heterocycles. The first-order valence-electron chi connectivity index (χ1n) is 8.59. The van der Waals surface area contributed by atoms with E-state index in [1.165, 1.54) is 57.8 Å². The Morgan fingerprint density at radius 3 is 2.37 bits per heavy atom. The normalized spacial score (nSPS) is 40.6. The summed E-state index contributed by atoms with van der Waals surface area (Å²) in [6, 6.07) is 1.86. The average Bonchev–Trinajstić information content (AvgIpc) is 2.41. The van der Waals surface area contributed by atoms with Gasteiger partial charge in [0.1, 0.15) is 0 Å². The lowest BCUT2D eigenvalue weighted by Gasteiger charge is -2.44. The van der Waals surface area contributed by atoms with E-state index in [1.54, 1.807) is 0 Å². The molecule has 2 nitrogen and oxygen atoms in total. The molecule has 0 saturated heterocycles. The molecular formula is C17H34N2. The highest BCUT2D eigenvalue weighted by molar-refractivity contribution is 4.91. The van der Waals surface area contributed by atoms with Crippen molar-refractivity contribution >= 4 is 0 Å². The van der Waals surface area contributed by atoms with Gasteiger partial charge in [0, 0.05) is 18.1 Å². The Bertz CT molecular complexity index is 258. The van der Waals surface area contributed by atoms with Crippen molar-refractivity contribution in [2.75, 3.05) is 7.05 Å². The van der Waals surface area contributed by atoms with Gasteiger partial charge in [-0.3, -0.25) is 4.90 Å². The average molecular weight is 266 g/mol. The largest absolute Gasteiger partial charge is 0.326 e. The Labute approximate surface area is 120 Å². The van der Waals surface area contributed by atoms with Gasteiger partial charge in [-0.05, 0) is 63.8 Å². The lowest BCUT2D eigenvalue weighted by Crippen LogP contribution is -2.53. The number of rotatable bonds is 4. The molecule has 2 heteroatoms. The van der Waals surface area contributed by atoms with Crippen LogP contribution in [0.1, 0.15) is 71.6 Å². The minimum Gasteiger partial charge on any atom is -0.326 e. The van der Waals surface area contributed by atoms with Crippen LogP contribution in [0.4, 0.5) is 0 Å². The van der Waals surface area contributed by atoms with E-state index in [-0.39, 0.29) is 0 Å². The van der Waals surface area contributed by atoms with Crippen molar-refractivity contribution in [1.82, 2.24) is 4.90 Å². The molecule has 112 valence electrons. The maximum Gasteiger partial charge on any atom is 0.0249 e. The maximum absolute atomic E-state index is 6.43. The molecule has 0 aromatic rings. The van der Waals surface area contributed by atoms with Crippen molar-refractivity contribution in [2.24, 2.45) is 17.6 Å². The molecule has 2 rings (SSSR count). The minimum atomic E-state index is 0.414. The molecule has 0 amide bonds. The van der Waals surface area contributed by atoms with Crippen LogP contribution in [0.5, 0.6) is 0 Å². The van der Waals surface area contributed by atoms with Gasteiger partial charge in [0.05, 0.1) is 0 Å². The molecule has 3 atom stereocenters. The van der Waals surface area contributed by atoms with Crippen LogP contribution in [-0.4, -0.2) is 30.1 Å². The molecule has 2 N–H and O–H groups in total. The van der Waals surface area contributed by atoms with Crippen LogP contribution in [0.3, 0.4) is 0 Å². The third-order valence-electron chi connectivity index (χ3n) is 5.76. The van der Waals surface area contributed by atoms with Gasteiger partial charge in [-0.2, -0.15) is 0 Å². The first kappa shape index (κ1) is 15.3. The van der Waals surface area contributed by atoms with Crippen LogP contribution in [0.2, 0.25) is 0 Å². The predicted molar refractivity (Wildman–Crippen MR) is 83.2 cm³/mol. The van der Waals surface area contributed by atoms with E-state index in [1.807, 2.05) is 0 Å². The topological polar surface area (TPSA) is 29.3 Å². The minimum absolute atomic E-state index is 0.414. The van der Waals surface area contributed by atoms with Crippen molar-refractivity contribution < 1.29 is 0 Å². The van der Waals surface area contributed by atoms with Gasteiger partial charge < -0.3 is 5.73 Å². The van der Waals surface area contributed by atoms with E-state index in [0.29, 0.717) is 12.1 Å². The van der Waals surface area contributed by atoms with Crippen molar-refractivity contribution in [3.8, 4) is 0 Å². The molecule has 2 aliphatic rings. The number of hydrogen-bond acceptors (Lipinski definition) is 2. The van der Waals surface area contributed by atoms with Crippen LogP contribution < -0.4 is 5.73 Å². The van der Waals surface area contributed by atoms with Gasteiger partial charge in [0.15, 0.2) is 0 Å². The standard InChI is InChI=1S/C17H34N2/c1-4-5-14-8-11-16(18)17(12-14)19(3)15-9-6-13(2)7-10-15/h13-17H,4-12,18H2,1-3H3. The molecular weight excluding hydrogens is 232 g/mol. The monoisotopic (exact) mass is 266 g/mol. The SMILES string of the molecule is CCCC1CCC(N)C(N(C)C2CCC(C)CC2)C1. The summed E-state index contributed by atoms with van der Waals surface area (Å²) >= 11 is 0. The summed E-state index contributed by atoms with van der Waals surface area (Å²) in [4.78, 5) is 2.67. The predicted octanol–water partition coefficient (Wildman–Crippen LogP) is 3.79. The van der Waals surface area contributed by atoms with Gasteiger partial charge >= 0.3 is 0 Å². The summed E-state index contributed by atoms with van der Waals surface area (Å²) in [5.41, 5.74) is 6.43. The van der Waals surface area contributed by atoms with Crippen LogP contribution in [0, 0.1) is 11.8 Å². The molecule has 3 unspecified atom stereocenters. The molecule has 2 saturated carbocycles. The van der Waals surface area contributed by atoms with Crippen molar-refractivity contribution in [3.63, 3.8) is 0 Å². The van der Waals surface area contributed by atoms with Crippen LogP contribution in [0.15, 0.2) is 0 Å². The zero-order valence-corrected chi connectivity index (χ0v) is 13.3. The summed E-state index contributed by atoms with van der Waals surface area (Å²) in [6.45, 7) is 4.72. The second-order valence-electron chi connectivity index (χ2n) is 7.28. The molecule has 0 aromatic carbocycles. The zero-order valence-electron chi connectivity index (χ0n) is 13.3. The van der Waals surface area contributed by atoms with E-state index >= 15 is 0 Å². The van der Waals surface area contributed by atoms with Gasteiger partial charge in [-0.15, -0.1) is 0 Å². The molecule has 19 heavy (non-hydrogen) atoms. The molecule has 0 spiro atoms. The summed E-state index contributed by atoms with van der Waals surface area (Å²) in [6.07, 6.45) is 12.3. The van der Waals surface area contributed by atoms with Gasteiger partial charge in [0.2, 0.25) is 0 Å². The Morgan fingerprint density at radius 1 is 1.05 bits per heavy atom. The third-order valence-corrected chi connectivity index (χ3v) is 5.76. The summed E-state index contributed by atoms with van der Waals surface area (Å²) in [5, 5.41) is 0. The Kier molecular flexibility index (Phi) is 5.70. The fraction of sp³-hybridized carbons (Fsp3) is 1.00. The highest BCUT2D eigenvalue weighted by Gasteiger charge is 2.34. The third kappa shape index (κ3) is 3.95. The van der Waals surface area contributed by atoms with Crippen LogP contribution in [0.25, 0.3) is 0 Å². The van der Waals surface area contributed by atoms with Gasteiger partial charge in [-0.25, -0.2) is 0 Å². The van der Waals surface area contributed by atoms with Crippen molar-refractivity contribution in [3.05, 3.63) is 0 Å². The second kappa shape index (κ2) is 7.08. The maximum atomic E-state index is 6.43. The van der Waals surface area contributed by atoms with E-state index in [0.717, 1.165) is 17.9 Å². The number of likely N-dealkylation sites (N-methyl/N-ethyl adjacent to an activating group) is 1. The first-order valence-corrected chi connectivity index (χ1v) is 8.59. The Balaban J connectivity index is 1.90. The second-order valence-corrected chi connectivity index (χ2v) is 7.28. The van der Waals surface area contributed by atoms with E-state index in [9.17, 15) is 0 Å². The molecule has 0 bridgehead atoms. The van der Waals surface area contributed by atoms with Crippen LogP contribution >= 0.6 is 0 Å². The fourth-order valence-electron chi connectivity index (χ4n) is 4.31. The highest BCUT2D eigenvalue weighted by atomic mass is 15.2. The first-order chi connectivity index (χ1) is 9.11. The smallest absolute Gasteiger partial charge is 0.0249 e. The summed E-state index contributed by atoms with van der Waals surface area (Å²) in [7, 11) is 2.35. The van der Waals surface area contributed by atoms with Crippen molar-refractivity contribution in [1.29, 1.82) is 0 Å². The number of hydrogen-bond donors (Lipinski definition) is 1. The van der Waals surface area contributed by atoms with E-state index in [4.69, 9.17) is 5.73 Å². The summed E-state index contributed by atoms with van der Waals surface area (Å²) in [5.74, 6) is 1.87. The number of nitrogens with two attached hydrogens (primary N) is 1. The van der Waals surface area contributed by atoms with Crippen molar-refractivity contribution in [2.45, 2.75) is 89.8 Å². The molecule has 0 radical (unpaired) electrons. The lowest BCUT2D eigenvalue weighted by atomic mass is 9.78. The number of nitrogens with zero attached hydrogens (tertiary/aromatic N) is 1. The summed E-state index contributed by atoms with van der Waals surface area (Å²) < 4.78 is 0.